The second kappa shape index (κ2) is 6.40. The molecule has 3 heteroatoms. The van der Waals surface area contributed by atoms with Gasteiger partial charge in [-0.15, -0.1) is 0 Å². The summed E-state index contributed by atoms with van der Waals surface area (Å²) < 4.78 is 5.62. The zero-order valence-electron chi connectivity index (χ0n) is 11.6. The molecule has 0 bridgehead atoms. The van der Waals surface area contributed by atoms with Gasteiger partial charge in [-0.05, 0) is 55.3 Å². The van der Waals surface area contributed by atoms with Crippen molar-refractivity contribution in [1.82, 2.24) is 5.32 Å². The molecule has 0 unspecified atom stereocenters. The summed E-state index contributed by atoms with van der Waals surface area (Å²) in [5, 5.41) is 6.89. The zero-order valence-corrected chi connectivity index (χ0v) is 11.6. The monoisotopic (exact) mass is 260 g/mol. The fourth-order valence-corrected chi connectivity index (χ4v) is 2.53. The lowest BCUT2D eigenvalue weighted by Gasteiger charge is -2.07. The van der Waals surface area contributed by atoms with E-state index in [0.717, 1.165) is 51.6 Å². The highest BCUT2D eigenvalue weighted by Crippen LogP contribution is 2.28. The van der Waals surface area contributed by atoms with Gasteiger partial charge in [0.25, 0.3) is 0 Å². The van der Waals surface area contributed by atoms with Gasteiger partial charge in [-0.3, -0.25) is 0 Å². The van der Waals surface area contributed by atoms with Crippen molar-refractivity contribution >= 4 is 5.69 Å². The first-order valence-corrected chi connectivity index (χ1v) is 7.56. The average Bonchev–Trinajstić information content (AvgIpc) is 3.13. The highest BCUT2D eigenvalue weighted by molar-refractivity contribution is 5.56. The average molecular weight is 260 g/mol. The first-order valence-electron chi connectivity index (χ1n) is 7.56. The smallest absolute Gasteiger partial charge is 0.0494 e. The molecule has 0 radical (unpaired) electrons. The molecule has 1 fully saturated rings. The van der Waals surface area contributed by atoms with E-state index in [2.05, 4.69) is 28.8 Å². The van der Waals surface area contributed by atoms with Crippen LogP contribution < -0.4 is 10.6 Å². The topological polar surface area (TPSA) is 33.3 Å². The lowest BCUT2D eigenvalue weighted by molar-refractivity contribution is 0.122. The molecule has 1 saturated carbocycles. The quantitative estimate of drug-likeness (QED) is 0.705. The fraction of sp³-hybridized carbons (Fsp3) is 0.625. The van der Waals surface area contributed by atoms with E-state index in [1.165, 1.54) is 29.7 Å². The van der Waals surface area contributed by atoms with Gasteiger partial charge in [0, 0.05) is 32.0 Å². The molecule has 3 rings (SSSR count). The van der Waals surface area contributed by atoms with E-state index in [4.69, 9.17) is 4.74 Å². The largest absolute Gasteiger partial charge is 0.384 e. The maximum atomic E-state index is 5.62. The Labute approximate surface area is 115 Å². The maximum Gasteiger partial charge on any atom is 0.0494 e. The molecular formula is C16H24N2O. The number of hydrogen-bond donors (Lipinski definition) is 2. The number of anilines is 1. The van der Waals surface area contributed by atoms with Gasteiger partial charge in [0.05, 0.1) is 0 Å². The zero-order chi connectivity index (χ0) is 12.9. The van der Waals surface area contributed by atoms with Crippen LogP contribution in [0.5, 0.6) is 0 Å². The fourth-order valence-electron chi connectivity index (χ4n) is 2.53. The Bertz CT molecular complexity index is 415. The molecule has 1 aliphatic heterocycles. The van der Waals surface area contributed by atoms with Gasteiger partial charge in [-0.1, -0.05) is 12.1 Å². The van der Waals surface area contributed by atoms with Crippen molar-refractivity contribution in [2.45, 2.75) is 32.2 Å². The van der Waals surface area contributed by atoms with Crippen LogP contribution in [0.4, 0.5) is 5.69 Å². The molecular weight excluding hydrogens is 236 g/mol. The second-order valence-electron chi connectivity index (χ2n) is 5.72. The Morgan fingerprint density at radius 2 is 2.26 bits per heavy atom. The molecule has 104 valence electrons. The summed E-state index contributed by atoms with van der Waals surface area (Å²) in [5.41, 5.74) is 4.17. The summed E-state index contributed by atoms with van der Waals surface area (Å²) in [5.74, 6) is 0.882. The van der Waals surface area contributed by atoms with Crippen LogP contribution in [0.2, 0.25) is 0 Å². The number of benzene rings is 1. The van der Waals surface area contributed by atoms with E-state index < -0.39 is 0 Å². The summed E-state index contributed by atoms with van der Waals surface area (Å²) in [6.45, 7) is 4.98. The van der Waals surface area contributed by atoms with Gasteiger partial charge in [-0.25, -0.2) is 0 Å². The van der Waals surface area contributed by atoms with Crippen LogP contribution in [0.15, 0.2) is 18.2 Å². The van der Waals surface area contributed by atoms with Crippen LogP contribution in [-0.2, 0) is 17.7 Å². The third kappa shape index (κ3) is 3.95. The van der Waals surface area contributed by atoms with Crippen molar-refractivity contribution < 1.29 is 4.74 Å². The van der Waals surface area contributed by atoms with Crippen LogP contribution in [-0.4, -0.2) is 26.3 Å². The van der Waals surface area contributed by atoms with Crippen LogP contribution in [0.25, 0.3) is 0 Å². The summed E-state index contributed by atoms with van der Waals surface area (Å²) >= 11 is 0. The van der Waals surface area contributed by atoms with Crippen LogP contribution in [0.3, 0.4) is 0 Å². The van der Waals surface area contributed by atoms with E-state index in [1.54, 1.807) is 0 Å². The highest BCUT2D eigenvalue weighted by atomic mass is 16.5. The van der Waals surface area contributed by atoms with Crippen molar-refractivity contribution in [3.05, 3.63) is 29.3 Å². The number of fused-ring (bicyclic) bond motifs is 1. The summed E-state index contributed by atoms with van der Waals surface area (Å²) in [7, 11) is 0. The molecule has 3 nitrogen and oxygen atoms in total. The lowest BCUT2D eigenvalue weighted by atomic mass is 10.1. The van der Waals surface area contributed by atoms with E-state index in [0.29, 0.717) is 0 Å². The molecule has 19 heavy (non-hydrogen) atoms. The minimum Gasteiger partial charge on any atom is -0.384 e. The van der Waals surface area contributed by atoms with E-state index in [9.17, 15) is 0 Å². The molecule has 0 saturated heterocycles. The van der Waals surface area contributed by atoms with Crippen LogP contribution >= 0.6 is 0 Å². The van der Waals surface area contributed by atoms with Gasteiger partial charge in [0.1, 0.15) is 0 Å². The number of hydrogen-bond acceptors (Lipinski definition) is 3. The SMILES string of the molecule is c1cc2c(cc1CNCCCOCC1CC1)CCN2. The molecule has 1 aromatic rings. The molecule has 0 aromatic heterocycles. The Balaban J connectivity index is 1.29. The molecule has 2 N–H and O–H groups in total. The Morgan fingerprint density at radius 1 is 1.32 bits per heavy atom. The van der Waals surface area contributed by atoms with E-state index in [1.807, 2.05) is 0 Å². The minimum absolute atomic E-state index is 0.882. The normalized spacial score (nSPS) is 17.3. The van der Waals surface area contributed by atoms with E-state index in [-0.39, 0.29) is 0 Å². The first kappa shape index (κ1) is 12.9. The predicted octanol–water partition coefficient (Wildman–Crippen LogP) is 2.56. The van der Waals surface area contributed by atoms with Crippen molar-refractivity contribution in [2.75, 3.05) is 31.6 Å². The summed E-state index contributed by atoms with van der Waals surface area (Å²) in [6, 6.07) is 6.75. The molecule has 0 spiro atoms. The van der Waals surface area contributed by atoms with Gasteiger partial charge in [0.2, 0.25) is 0 Å². The summed E-state index contributed by atoms with van der Waals surface area (Å²) in [6.07, 6.45) is 5.04. The standard InChI is InChI=1S/C16H24N2O/c1(9-19-12-13-2-3-13)7-17-11-14-4-5-16-15(10-14)6-8-18-16/h4-5,10,13,17-18H,1-3,6-9,11-12H2. The minimum atomic E-state index is 0.882. The molecule has 0 atom stereocenters. The number of nitrogens with one attached hydrogen (secondary N) is 2. The van der Waals surface area contributed by atoms with Crippen molar-refractivity contribution in [1.29, 1.82) is 0 Å². The van der Waals surface area contributed by atoms with E-state index >= 15 is 0 Å². The number of ether oxygens (including phenoxy) is 1. The van der Waals surface area contributed by atoms with Gasteiger partial charge in [-0.2, -0.15) is 0 Å². The highest BCUT2D eigenvalue weighted by Gasteiger charge is 2.20. The van der Waals surface area contributed by atoms with Crippen molar-refractivity contribution in [2.24, 2.45) is 5.92 Å². The Morgan fingerprint density at radius 3 is 3.16 bits per heavy atom. The molecule has 2 aliphatic rings. The lowest BCUT2D eigenvalue weighted by Crippen LogP contribution is -2.16. The molecule has 1 aromatic carbocycles. The molecule has 1 heterocycles. The second-order valence-corrected chi connectivity index (χ2v) is 5.72. The van der Waals surface area contributed by atoms with Crippen molar-refractivity contribution in [3.8, 4) is 0 Å². The summed E-state index contributed by atoms with van der Waals surface area (Å²) in [4.78, 5) is 0. The third-order valence-electron chi connectivity index (χ3n) is 3.90. The van der Waals surface area contributed by atoms with Gasteiger partial charge < -0.3 is 15.4 Å². The van der Waals surface area contributed by atoms with Crippen molar-refractivity contribution in [3.63, 3.8) is 0 Å². The third-order valence-corrected chi connectivity index (χ3v) is 3.90. The Kier molecular flexibility index (Phi) is 4.36. The van der Waals surface area contributed by atoms with Crippen LogP contribution in [0, 0.1) is 5.92 Å². The molecule has 1 aliphatic carbocycles. The maximum absolute atomic E-state index is 5.62. The van der Waals surface area contributed by atoms with Gasteiger partial charge >= 0.3 is 0 Å². The van der Waals surface area contributed by atoms with Gasteiger partial charge in [0.15, 0.2) is 0 Å². The first-order chi connectivity index (χ1) is 9.42. The Hall–Kier alpha value is -1.06. The van der Waals surface area contributed by atoms with Crippen LogP contribution in [0.1, 0.15) is 30.4 Å². The number of rotatable bonds is 8. The predicted molar refractivity (Wildman–Crippen MR) is 78.5 cm³/mol. The molecule has 0 amide bonds.